The van der Waals surface area contributed by atoms with Gasteiger partial charge in [0.25, 0.3) is 0 Å². The lowest BCUT2D eigenvalue weighted by Gasteiger charge is -2.13. The Bertz CT molecular complexity index is 464. The van der Waals surface area contributed by atoms with Crippen molar-refractivity contribution >= 4 is 23.5 Å². The van der Waals surface area contributed by atoms with Crippen molar-refractivity contribution in [2.45, 2.75) is 6.54 Å². The fraction of sp³-hybridized carbons (Fsp3) is 0.200. The molecule has 1 aliphatic heterocycles. The van der Waals surface area contributed by atoms with Crippen LogP contribution in [0, 0.1) is 5.82 Å². The zero-order valence-corrected chi connectivity index (χ0v) is 8.92. The minimum absolute atomic E-state index is 0.00649. The SMILES string of the molecule is O=C1CN(Cc2ccc(F)cc2Cl)C(=O)N1. The van der Waals surface area contributed by atoms with E-state index in [0.29, 0.717) is 5.56 Å². The molecule has 3 amide bonds. The average Bonchev–Trinajstić information content (AvgIpc) is 2.50. The van der Waals surface area contributed by atoms with Gasteiger partial charge in [0.2, 0.25) is 5.91 Å². The van der Waals surface area contributed by atoms with Crippen LogP contribution in [-0.4, -0.2) is 23.4 Å². The number of urea groups is 1. The number of nitrogens with one attached hydrogen (secondary N) is 1. The van der Waals surface area contributed by atoms with E-state index >= 15 is 0 Å². The number of hydrogen-bond donors (Lipinski definition) is 1. The van der Waals surface area contributed by atoms with Crippen LogP contribution >= 0.6 is 11.6 Å². The summed E-state index contributed by atoms with van der Waals surface area (Å²) < 4.78 is 12.8. The van der Waals surface area contributed by atoms with Gasteiger partial charge in [0.1, 0.15) is 12.4 Å². The molecule has 0 aliphatic carbocycles. The quantitative estimate of drug-likeness (QED) is 0.800. The Labute approximate surface area is 96.0 Å². The van der Waals surface area contributed by atoms with Gasteiger partial charge in [-0.25, -0.2) is 9.18 Å². The molecule has 0 unspecified atom stereocenters. The van der Waals surface area contributed by atoms with Crippen molar-refractivity contribution in [3.05, 3.63) is 34.6 Å². The van der Waals surface area contributed by atoms with Crippen molar-refractivity contribution in [3.63, 3.8) is 0 Å². The molecule has 16 heavy (non-hydrogen) atoms. The van der Waals surface area contributed by atoms with Crippen LogP contribution in [0.3, 0.4) is 0 Å². The van der Waals surface area contributed by atoms with Crippen molar-refractivity contribution in [1.82, 2.24) is 10.2 Å². The van der Waals surface area contributed by atoms with Crippen molar-refractivity contribution < 1.29 is 14.0 Å². The molecule has 0 aromatic heterocycles. The lowest BCUT2D eigenvalue weighted by molar-refractivity contribution is -0.118. The maximum absolute atomic E-state index is 12.8. The molecule has 0 spiro atoms. The molecule has 0 saturated carbocycles. The van der Waals surface area contributed by atoms with Crippen LogP contribution in [-0.2, 0) is 11.3 Å². The lowest BCUT2D eigenvalue weighted by Crippen LogP contribution is -2.27. The Morgan fingerprint density at radius 1 is 1.44 bits per heavy atom. The molecule has 1 N–H and O–H groups in total. The topological polar surface area (TPSA) is 49.4 Å². The molecule has 0 radical (unpaired) electrons. The van der Waals surface area contributed by atoms with Crippen molar-refractivity contribution in [2.24, 2.45) is 0 Å². The van der Waals surface area contributed by atoms with Gasteiger partial charge in [-0.3, -0.25) is 10.1 Å². The van der Waals surface area contributed by atoms with Gasteiger partial charge in [0.05, 0.1) is 0 Å². The summed E-state index contributed by atoms with van der Waals surface area (Å²) in [7, 11) is 0. The lowest BCUT2D eigenvalue weighted by atomic mass is 10.2. The first-order chi connectivity index (χ1) is 7.56. The number of amides is 3. The smallest absolute Gasteiger partial charge is 0.311 e. The zero-order chi connectivity index (χ0) is 11.7. The van der Waals surface area contributed by atoms with E-state index in [4.69, 9.17) is 11.6 Å². The first-order valence-corrected chi connectivity index (χ1v) is 4.97. The molecule has 4 nitrogen and oxygen atoms in total. The number of imide groups is 1. The van der Waals surface area contributed by atoms with Crippen LogP contribution in [0.25, 0.3) is 0 Å². The normalized spacial score (nSPS) is 15.5. The van der Waals surface area contributed by atoms with E-state index in [0.717, 1.165) is 0 Å². The molecule has 84 valence electrons. The van der Waals surface area contributed by atoms with E-state index in [1.165, 1.54) is 23.1 Å². The van der Waals surface area contributed by atoms with Crippen molar-refractivity contribution in [3.8, 4) is 0 Å². The van der Waals surface area contributed by atoms with Gasteiger partial charge in [-0.1, -0.05) is 17.7 Å². The van der Waals surface area contributed by atoms with Gasteiger partial charge >= 0.3 is 6.03 Å². The number of carbonyl (C=O) groups is 2. The predicted molar refractivity (Wildman–Crippen MR) is 55.4 cm³/mol. The molecule has 1 heterocycles. The van der Waals surface area contributed by atoms with Crippen LogP contribution in [0.4, 0.5) is 9.18 Å². The first-order valence-electron chi connectivity index (χ1n) is 4.59. The molecule has 0 bridgehead atoms. The predicted octanol–water partition coefficient (Wildman–Crippen LogP) is 1.53. The van der Waals surface area contributed by atoms with Crippen molar-refractivity contribution in [1.29, 1.82) is 0 Å². The van der Waals surface area contributed by atoms with Gasteiger partial charge in [0, 0.05) is 11.6 Å². The number of benzene rings is 1. The zero-order valence-electron chi connectivity index (χ0n) is 8.17. The molecular formula is C10H8ClFN2O2. The Kier molecular flexibility index (Phi) is 2.78. The largest absolute Gasteiger partial charge is 0.324 e. The van der Waals surface area contributed by atoms with Crippen LogP contribution in [0.2, 0.25) is 5.02 Å². The highest BCUT2D eigenvalue weighted by Gasteiger charge is 2.26. The van der Waals surface area contributed by atoms with Crippen LogP contribution in [0.1, 0.15) is 5.56 Å². The van der Waals surface area contributed by atoms with Crippen LogP contribution in [0.5, 0.6) is 0 Å². The Morgan fingerprint density at radius 3 is 2.75 bits per heavy atom. The highest BCUT2D eigenvalue weighted by atomic mass is 35.5. The van der Waals surface area contributed by atoms with Crippen LogP contribution in [0.15, 0.2) is 18.2 Å². The van der Waals surface area contributed by atoms with Gasteiger partial charge in [0.15, 0.2) is 0 Å². The highest BCUT2D eigenvalue weighted by Crippen LogP contribution is 2.19. The fourth-order valence-corrected chi connectivity index (χ4v) is 1.69. The van der Waals surface area contributed by atoms with Gasteiger partial charge in [-0.15, -0.1) is 0 Å². The minimum Gasteiger partial charge on any atom is -0.311 e. The molecule has 6 heteroatoms. The van der Waals surface area contributed by atoms with E-state index < -0.39 is 11.8 Å². The van der Waals surface area contributed by atoms with Gasteiger partial charge < -0.3 is 4.90 Å². The summed E-state index contributed by atoms with van der Waals surface area (Å²) >= 11 is 5.81. The third-order valence-corrected chi connectivity index (χ3v) is 2.60. The van der Waals surface area contributed by atoms with Gasteiger partial charge in [-0.2, -0.15) is 0 Å². The van der Waals surface area contributed by atoms with E-state index in [1.54, 1.807) is 0 Å². The number of nitrogens with zero attached hydrogens (tertiary/aromatic N) is 1. The Morgan fingerprint density at radius 2 is 2.19 bits per heavy atom. The highest BCUT2D eigenvalue weighted by molar-refractivity contribution is 6.31. The molecule has 1 aromatic rings. The molecule has 2 rings (SSSR count). The van der Waals surface area contributed by atoms with E-state index in [2.05, 4.69) is 5.32 Å². The number of halogens is 2. The first kappa shape index (κ1) is 10.9. The Hall–Kier alpha value is -1.62. The molecule has 1 saturated heterocycles. The summed E-state index contributed by atoms with van der Waals surface area (Å²) in [4.78, 5) is 23.5. The monoisotopic (exact) mass is 242 g/mol. The third-order valence-electron chi connectivity index (χ3n) is 2.24. The van der Waals surface area contributed by atoms with E-state index in [9.17, 15) is 14.0 Å². The second-order valence-electron chi connectivity index (χ2n) is 3.45. The van der Waals surface area contributed by atoms with Crippen LogP contribution < -0.4 is 5.32 Å². The summed E-state index contributed by atoms with van der Waals surface area (Å²) in [6.07, 6.45) is 0. The third kappa shape index (κ3) is 2.14. The molecular weight excluding hydrogens is 235 g/mol. The number of carbonyl (C=O) groups excluding carboxylic acids is 2. The standard InChI is InChI=1S/C10H8ClFN2O2/c11-8-3-7(12)2-1-6(8)4-14-5-9(15)13-10(14)16/h1-3H,4-5H2,(H,13,15,16). The fourth-order valence-electron chi connectivity index (χ4n) is 1.47. The molecule has 1 fully saturated rings. The molecule has 0 atom stereocenters. The summed E-state index contributed by atoms with van der Waals surface area (Å²) in [5, 5.41) is 2.39. The summed E-state index contributed by atoms with van der Waals surface area (Å²) in [5.74, 6) is -0.779. The molecule has 1 aliphatic rings. The molecule has 1 aromatic carbocycles. The summed E-state index contributed by atoms with van der Waals surface area (Å²) in [6.45, 7) is 0.198. The van der Waals surface area contributed by atoms with E-state index in [-0.39, 0.29) is 24.0 Å². The minimum atomic E-state index is -0.453. The van der Waals surface area contributed by atoms with Crippen molar-refractivity contribution in [2.75, 3.05) is 6.54 Å². The second-order valence-corrected chi connectivity index (χ2v) is 3.85. The maximum Gasteiger partial charge on any atom is 0.324 e. The van der Waals surface area contributed by atoms with E-state index in [1.807, 2.05) is 0 Å². The maximum atomic E-state index is 12.8. The van der Waals surface area contributed by atoms with Gasteiger partial charge in [-0.05, 0) is 17.7 Å². The number of hydrogen-bond acceptors (Lipinski definition) is 2. The summed E-state index contributed by atoms with van der Waals surface area (Å²) in [6, 6.07) is 3.47. The second kappa shape index (κ2) is 4.09. The Balaban J connectivity index is 2.15. The summed E-state index contributed by atoms with van der Waals surface area (Å²) in [5.41, 5.74) is 0.605. The number of rotatable bonds is 2. The average molecular weight is 243 g/mol.